The summed E-state index contributed by atoms with van der Waals surface area (Å²) in [6, 6.07) is 0. The lowest BCUT2D eigenvalue weighted by Gasteiger charge is -2.15. The van der Waals surface area contributed by atoms with Gasteiger partial charge in [0.05, 0.1) is 0 Å². The largest absolute Gasteiger partial charge is 0.389 e. The number of aliphatic hydroxyl groups is 2. The Balaban J connectivity index is 4.25. The van der Waals surface area contributed by atoms with E-state index in [0.717, 1.165) is 0 Å². The van der Waals surface area contributed by atoms with Crippen molar-refractivity contribution in [3.63, 3.8) is 0 Å². The minimum Gasteiger partial charge on any atom is -0.389 e. The number of carbonyl (C=O) groups excluding carboxylic acids is 2. The topological polar surface area (TPSA) is 83.8 Å². The second kappa shape index (κ2) is 5.82. The van der Waals surface area contributed by atoms with E-state index in [1.165, 1.54) is 0 Å². The summed E-state index contributed by atoms with van der Waals surface area (Å²) in [7, 11) is 0. The number of aliphatic hydroxyl groups excluding tert-OH is 2. The molecule has 0 rings (SSSR count). The second-order valence-electron chi connectivity index (χ2n) is 4.12. The summed E-state index contributed by atoms with van der Waals surface area (Å²) in [5, 5.41) is 18.5. The Hall–Kier alpha value is -0.940. The molecule has 0 saturated carbocycles. The molecule has 0 aliphatic rings. The number of hydrogen-bond acceptors (Lipinski definition) is 5. The molecular weight excluding hydrogens is 200 g/mol. The zero-order chi connectivity index (χ0) is 12.2. The van der Waals surface area contributed by atoms with Crippen LogP contribution in [0, 0.1) is 11.8 Å². The molecule has 0 bridgehead atoms. The van der Waals surface area contributed by atoms with Gasteiger partial charge in [0.15, 0.2) is 12.2 Å². The number of esters is 2. The molecule has 2 atom stereocenters. The summed E-state index contributed by atoms with van der Waals surface area (Å²) in [5.74, 6) is -2.70. The highest BCUT2D eigenvalue weighted by molar-refractivity contribution is 5.89. The number of ether oxygens (including phenoxy) is 1. The van der Waals surface area contributed by atoms with E-state index < -0.39 is 24.1 Å². The highest BCUT2D eigenvalue weighted by Gasteiger charge is 2.27. The molecule has 2 N–H and O–H groups in total. The molecule has 0 fully saturated rings. The summed E-state index contributed by atoms with van der Waals surface area (Å²) in [6.45, 7) is 6.48. The third-order valence-corrected chi connectivity index (χ3v) is 1.95. The maximum absolute atomic E-state index is 11.1. The fourth-order valence-electron chi connectivity index (χ4n) is 0.764. The molecule has 88 valence electrons. The maximum atomic E-state index is 11.1. The summed E-state index contributed by atoms with van der Waals surface area (Å²) < 4.78 is 4.32. The quantitative estimate of drug-likeness (QED) is 0.516. The fourth-order valence-corrected chi connectivity index (χ4v) is 0.764. The van der Waals surface area contributed by atoms with Crippen molar-refractivity contribution in [3.05, 3.63) is 0 Å². The zero-order valence-corrected chi connectivity index (χ0v) is 9.43. The van der Waals surface area contributed by atoms with E-state index in [9.17, 15) is 19.8 Å². The predicted molar refractivity (Wildman–Crippen MR) is 52.8 cm³/mol. The molecular formula is C10H18O5. The van der Waals surface area contributed by atoms with Crippen molar-refractivity contribution < 1.29 is 24.5 Å². The third kappa shape index (κ3) is 4.40. The van der Waals surface area contributed by atoms with Crippen LogP contribution in [0.5, 0.6) is 0 Å². The van der Waals surface area contributed by atoms with Gasteiger partial charge in [0, 0.05) is 0 Å². The predicted octanol–water partition coefficient (Wildman–Crippen LogP) is 0.0900. The van der Waals surface area contributed by atoms with Crippen molar-refractivity contribution in [2.75, 3.05) is 0 Å². The van der Waals surface area contributed by atoms with E-state index in [2.05, 4.69) is 4.74 Å². The van der Waals surface area contributed by atoms with Crippen molar-refractivity contribution in [3.8, 4) is 0 Å². The molecule has 0 aromatic rings. The summed E-state index contributed by atoms with van der Waals surface area (Å²) in [4.78, 5) is 22.2. The van der Waals surface area contributed by atoms with Crippen LogP contribution in [-0.4, -0.2) is 34.4 Å². The van der Waals surface area contributed by atoms with Crippen molar-refractivity contribution >= 4 is 11.9 Å². The highest BCUT2D eigenvalue weighted by atomic mass is 16.6. The lowest BCUT2D eigenvalue weighted by molar-refractivity contribution is -0.174. The zero-order valence-electron chi connectivity index (χ0n) is 9.43. The first kappa shape index (κ1) is 14.1. The van der Waals surface area contributed by atoms with Gasteiger partial charge >= 0.3 is 11.9 Å². The summed E-state index contributed by atoms with van der Waals surface area (Å²) in [6.07, 6.45) is -2.68. The molecule has 0 spiro atoms. The van der Waals surface area contributed by atoms with Crippen molar-refractivity contribution in [1.29, 1.82) is 0 Å². The first-order valence-electron chi connectivity index (χ1n) is 4.89. The Morgan fingerprint density at radius 3 is 1.33 bits per heavy atom. The molecule has 5 nitrogen and oxygen atoms in total. The molecule has 5 heteroatoms. The molecule has 0 amide bonds. The minimum absolute atomic E-state index is 0.332. The van der Waals surface area contributed by atoms with Gasteiger partial charge in [-0.1, -0.05) is 27.7 Å². The molecule has 2 unspecified atom stereocenters. The van der Waals surface area contributed by atoms with Crippen molar-refractivity contribution in [2.45, 2.75) is 39.9 Å². The van der Waals surface area contributed by atoms with E-state index in [-0.39, 0.29) is 11.8 Å². The second-order valence-corrected chi connectivity index (χ2v) is 4.12. The van der Waals surface area contributed by atoms with Gasteiger partial charge in [-0.3, -0.25) is 0 Å². The highest BCUT2D eigenvalue weighted by Crippen LogP contribution is 2.07. The average Bonchev–Trinajstić information content (AvgIpc) is 2.14. The van der Waals surface area contributed by atoms with Gasteiger partial charge in [0.1, 0.15) is 0 Å². The Labute approximate surface area is 89.0 Å². The maximum Gasteiger partial charge on any atom is 0.342 e. The Bertz CT molecular complexity index is 210. The van der Waals surface area contributed by atoms with Gasteiger partial charge in [0.2, 0.25) is 0 Å². The number of rotatable bonds is 4. The van der Waals surface area contributed by atoms with Crippen molar-refractivity contribution in [2.24, 2.45) is 11.8 Å². The molecule has 0 radical (unpaired) electrons. The van der Waals surface area contributed by atoms with E-state index >= 15 is 0 Å². The molecule has 0 saturated heterocycles. The standard InChI is InChI=1S/C10H18O5/c1-5(2)7(11)9(13)15-10(14)8(12)6(3)4/h5-8,11-12H,1-4H3. The van der Waals surface area contributed by atoms with Gasteiger partial charge < -0.3 is 14.9 Å². The molecule has 0 aliphatic heterocycles. The van der Waals surface area contributed by atoms with E-state index in [4.69, 9.17) is 0 Å². The number of hydrogen-bond donors (Lipinski definition) is 2. The number of carbonyl (C=O) groups is 2. The van der Waals surface area contributed by atoms with E-state index in [0.29, 0.717) is 0 Å². The Morgan fingerprint density at radius 1 is 0.867 bits per heavy atom. The summed E-state index contributed by atoms with van der Waals surface area (Å²) >= 11 is 0. The smallest absolute Gasteiger partial charge is 0.342 e. The van der Waals surface area contributed by atoms with Crippen LogP contribution in [0.25, 0.3) is 0 Å². The third-order valence-electron chi connectivity index (χ3n) is 1.95. The van der Waals surface area contributed by atoms with Crippen LogP contribution in [-0.2, 0) is 14.3 Å². The van der Waals surface area contributed by atoms with Crippen LogP contribution >= 0.6 is 0 Å². The fraction of sp³-hybridized carbons (Fsp3) is 0.800. The van der Waals surface area contributed by atoms with Crippen LogP contribution in [0.2, 0.25) is 0 Å². The van der Waals surface area contributed by atoms with Crippen LogP contribution < -0.4 is 0 Å². The van der Waals surface area contributed by atoms with Crippen LogP contribution in [0.15, 0.2) is 0 Å². The van der Waals surface area contributed by atoms with Crippen LogP contribution in [0.3, 0.4) is 0 Å². The monoisotopic (exact) mass is 218 g/mol. The Morgan fingerprint density at radius 2 is 1.13 bits per heavy atom. The van der Waals surface area contributed by atoms with Gasteiger partial charge in [-0.05, 0) is 11.8 Å². The minimum atomic E-state index is -1.34. The van der Waals surface area contributed by atoms with E-state index in [1.54, 1.807) is 27.7 Å². The summed E-state index contributed by atoms with van der Waals surface area (Å²) in [5.41, 5.74) is 0. The molecule has 0 aliphatic carbocycles. The van der Waals surface area contributed by atoms with Gasteiger partial charge in [-0.15, -0.1) is 0 Å². The lowest BCUT2D eigenvalue weighted by atomic mass is 10.1. The molecule has 0 aromatic heterocycles. The molecule has 0 aromatic carbocycles. The lowest BCUT2D eigenvalue weighted by Crippen LogP contribution is -2.35. The first-order valence-corrected chi connectivity index (χ1v) is 4.89. The van der Waals surface area contributed by atoms with Crippen molar-refractivity contribution in [1.82, 2.24) is 0 Å². The average molecular weight is 218 g/mol. The molecule has 0 heterocycles. The SMILES string of the molecule is CC(C)C(O)C(=O)OC(=O)C(O)C(C)C. The van der Waals surface area contributed by atoms with Crippen LogP contribution in [0.1, 0.15) is 27.7 Å². The van der Waals surface area contributed by atoms with Crippen LogP contribution in [0.4, 0.5) is 0 Å². The first-order chi connectivity index (χ1) is 6.77. The van der Waals surface area contributed by atoms with Gasteiger partial charge in [-0.2, -0.15) is 0 Å². The Kier molecular flexibility index (Phi) is 5.46. The van der Waals surface area contributed by atoms with Gasteiger partial charge in [-0.25, -0.2) is 9.59 Å². The van der Waals surface area contributed by atoms with Gasteiger partial charge in [0.25, 0.3) is 0 Å². The normalized spacial score (nSPS) is 15.2. The van der Waals surface area contributed by atoms with E-state index in [1.807, 2.05) is 0 Å². The molecule has 15 heavy (non-hydrogen) atoms.